The van der Waals surface area contributed by atoms with Crippen molar-refractivity contribution >= 4 is 11.9 Å². The summed E-state index contributed by atoms with van der Waals surface area (Å²) in [6, 6.07) is 9.43. The summed E-state index contributed by atoms with van der Waals surface area (Å²) in [6.07, 6.45) is 0. The Balaban J connectivity index is 1.72. The number of carbonyl (C=O) groups excluding carboxylic acids is 1. The Kier molecular flexibility index (Phi) is 5.68. The Labute approximate surface area is 152 Å². The second-order valence-electron chi connectivity index (χ2n) is 6.48. The summed E-state index contributed by atoms with van der Waals surface area (Å²) in [4.78, 5) is 31.3. The fourth-order valence-electron chi connectivity index (χ4n) is 2.87. The van der Waals surface area contributed by atoms with E-state index in [-0.39, 0.29) is 18.0 Å². The van der Waals surface area contributed by atoms with Crippen molar-refractivity contribution in [3.8, 4) is 0 Å². The molecule has 0 radical (unpaired) electrons. The van der Waals surface area contributed by atoms with Crippen molar-refractivity contribution in [3.05, 3.63) is 57.5 Å². The minimum atomic E-state index is -0.218. The number of anilines is 1. The molecule has 0 aliphatic carbocycles. The van der Waals surface area contributed by atoms with E-state index < -0.39 is 0 Å². The first kappa shape index (κ1) is 18.1. The third-order valence-corrected chi connectivity index (χ3v) is 4.32. The van der Waals surface area contributed by atoms with Crippen LogP contribution in [-0.2, 0) is 22.6 Å². The predicted octanol–water partition coefficient (Wildman–Crippen LogP) is 1.01. The van der Waals surface area contributed by atoms with Gasteiger partial charge in [-0.1, -0.05) is 29.8 Å². The first-order chi connectivity index (χ1) is 12.5. The van der Waals surface area contributed by atoms with Crippen LogP contribution in [0.25, 0.3) is 0 Å². The largest absolute Gasteiger partial charge is 0.378 e. The first-order valence-electron chi connectivity index (χ1n) is 8.76. The Hall–Kier alpha value is -2.67. The molecule has 1 N–H and O–H groups in total. The zero-order valence-corrected chi connectivity index (χ0v) is 15.2. The third kappa shape index (κ3) is 4.49. The van der Waals surface area contributed by atoms with Crippen molar-refractivity contribution < 1.29 is 9.53 Å². The summed E-state index contributed by atoms with van der Waals surface area (Å²) in [5.41, 5.74) is 2.62. The highest BCUT2D eigenvalue weighted by Crippen LogP contribution is 2.12. The molecular weight excluding hydrogens is 332 g/mol. The van der Waals surface area contributed by atoms with Gasteiger partial charge in [0, 0.05) is 31.4 Å². The van der Waals surface area contributed by atoms with Gasteiger partial charge in [-0.3, -0.25) is 14.2 Å². The number of nitrogens with zero attached hydrogens (tertiary/aromatic N) is 3. The topological polar surface area (TPSA) is 76.5 Å². The maximum Gasteiger partial charge on any atom is 0.255 e. The van der Waals surface area contributed by atoms with E-state index in [0.29, 0.717) is 44.5 Å². The van der Waals surface area contributed by atoms with E-state index in [0.717, 1.165) is 5.56 Å². The number of aromatic nitrogens is 2. The molecule has 0 unspecified atom stereocenters. The highest BCUT2D eigenvalue weighted by atomic mass is 16.5. The minimum absolute atomic E-state index is 0.0509. The number of rotatable bonds is 5. The van der Waals surface area contributed by atoms with Crippen molar-refractivity contribution in [1.82, 2.24) is 14.9 Å². The molecule has 2 aromatic rings. The maximum absolute atomic E-state index is 12.4. The standard InChI is InChI=1S/C19H24N4O3/c1-14-3-5-16(6-4-14)12-20-17(24)13-23-18(25)11-15(2)21-19(23)22-7-9-26-10-8-22/h3-6,11H,7-10,12-13H2,1-2H3,(H,20,24). The summed E-state index contributed by atoms with van der Waals surface area (Å²) in [5, 5.41) is 2.87. The summed E-state index contributed by atoms with van der Waals surface area (Å²) >= 11 is 0. The van der Waals surface area contributed by atoms with Crippen molar-refractivity contribution in [2.24, 2.45) is 0 Å². The molecular formula is C19H24N4O3. The van der Waals surface area contributed by atoms with Crippen LogP contribution in [0.3, 0.4) is 0 Å². The molecule has 1 aliphatic heterocycles. The number of hydrogen-bond acceptors (Lipinski definition) is 5. The van der Waals surface area contributed by atoms with Crippen LogP contribution in [0.5, 0.6) is 0 Å². The fourth-order valence-corrected chi connectivity index (χ4v) is 2.87. The van der Waals surface area contributed by atoms with E-state index in [1.165, 1.54) is 16.2 Å². The van der Waals surface area contributed by atoms with Gasteiger partial charge < -0.3 is 15.0 Å². The Morgan fingerprint density at radius 1 is 1.19 bits per heavy atom. The van der Waals surface area contributed by atoms with Gasteiger partial charge in [0.05, 0.1) is 13.2 Å². The number of carbonyl (C=O) groups is 1. The molecule has 1 aliphatic rings. The Morgan fingerprint density at radius 2 is 1.88 bits per heavy atom. The molecule has 2 heterocycles. The van der Waals surface area contributed by atoms with Crippen molar-refractivity contribution in [3.63, 3.8) is 0 Å². The molecule has 1 fully saturated rings. The van der Waals surface area contributed by atoms with Gasteiger partial charge in [0.2, 0.25) is 11.9 Å². The smallest absolute Gasteiger partial charge is 0.255 e. The Bertz CT molecular complexity index is 824. The van der Waals surface area contributed by atoms with E-state index in [1.807, 2.05) is 36.1 Å². The van der Waals surface area contributed by atoms with Crippen molar-refractivity contribution in [1.29, 1.82) is 0 Å². The number of hydrogen-bond donors (Lipinski definition) is 1. The summed E-state index contributed by atoms with van der Waals surface area (Å²) in [7, 11) is 0. The summed E-state index contributed by atoms with van der Waals surface area (Å²) in [5.74, 6) is 0.316. The zero-order chi connectivity index (χ0) is 18.5. The molecule has 0 bridgehead atoms. The monoisotopic (exact) mass is 356 g/mol. The molecule has 0 saturated carbocycles. The van der Waals surface area contributed by atoms with Crippen LogP contribution in [0.4, 0.5) is 5.95 Å². The molecule has 1 aromatic heterocycles. The van der Waals surface area contributed by atoms with Crippen LogP contribution in [-0.4, -0.2) is 41.8 Å². The molecule has 3 rings (SSSR count). The van der Waals surface area contributed by atoms with Gasteiger partial charge in [0.25, 0.3) is 5.56 Å². The third-order valence-electron chi connectivity index (χ3n) is 4.32. The SMILES string of the molecule is Cc1ccc(CNC(=O)Cn2c(N3CCOCC3)nc(C)cc2=O)cc1. The van der Waals surface area contributed by atoms with Crippen LogP contribution in [0.1, 0.15) is 16.8 Å². The average molecular weight is 356 g/mol. The fraction of sp³-hybridized carbons (Fsp3) is 0.421. The number of amides is 1. The van der Waals surface area contributed by atoms with Crippen molar-refractivity contribution in [2.75, 3.05) is 31.2 Å². The molecule has 1 aromatic carbocycles. The summed E-state index contributed by atoms with van der Waals surface area (Å²) in [6.45, 7) is 6.67. The van der Waals surface area contributed by atoms with Crippen LogP contribution in [0.2, 0.25) is 0 Å². The van der Waals surface area contributed by atoms with Gasteiger partial charge >= 0.3 is 0 Å². The quantitative estimate of drug-likeness (QED) is 0.865. The lowest BCUT2D eigenvalue weighted by molar-refractivity contribution is -0.121. The Morgan fingerprint density at radius 3 is 2.58 bits per heavy atom. The highest BCUT2D eigenvalue weighted by Gasteiger charge is 2.19. The second kappa shape index (κ2) is 8.14. The molecule has 1 amide bonds. The highest BCUT2D eigenvalue weighted by molar-refractivity contribution is 5.76. The first-order valence-corrected chi connectivity index (χ1v) is 8.76. The average Bonchev–Trinajstić information content (AvgIpc) is 2.64. The van der Waals surface area contributed by atoms with Gasteiger partial charge in [-0.2, -0.15) is 0 Å². The van der Waals surface area contributed by atoms with E-state index in [9.17, 15) is 9.59 Å². The number of ether oxygens (including phenoxy) is 1. The lowest BCUT2D eigenvalue weighted by Crippen LogP contribution is -2.42. The number of nitrogens with one attached hydrogen (secondary N) is 1. The van der Waals surface area contributed by atoms with Crippen LogP contribution < -0.4 is 15.8 Å². The molecule has 0 spiro atoms. The van der Waals surface area contributed by atoms with E-state index in [2.05, 4.69) is 10.3 Å². The predicted molar refractivity (Wildman–Crippen MR) is 99.3 cm³/mol. The van der Waals surface area contributed by atoms with E-state index >= 15 is 0 Å². The van der Waals surface area contributed by atoms with Gasteiger partial charge in [-0.05, 0) is 19.4 Å². The van der Waals surface area contributed by atoms with Gasteiger partial charge in [-0.15, -0.1) is 0 Å². The van der Waals surface area contributed by atoms with Gasteiger partial charge in [0.15, 0.2) is 0 Å². The lowest BCUT2D eigenvalue weighted by atomic mass is 10.1. The lowest BCUT2D eigenvalue weighted by Gasteiger charge is -2.29. The van der Waals surface area contributed by atoms with Crippen LogP contribution in [0.15, 0.2) is 35.1 Å². The number of benzene rings is 1. The molecule has 26 heavy (non-hydrogen) atoms. The van der Waals surface area contributed by atoms with Gasteiger partial charge in [-0.25, -0.2) is 4.98 Å². The molecule has 7 nitrogen and oxygen atoms in total. The zero-order valence-electron chi connectivity index (χ0n) is 15.2. The van der Waals surface area contributed by atoms with E-state index in [4.69, 9.17) is 4.74 Å². The van der Waals surface area contributed by atoms with Crippen molar-refractivity contribution in [2.45, 2.75) is 26.9 Å². The minimum Gasteiger partial charge on any atom is -0.378 e. The van der Waals surface area contributed by atoms with Gasteiger partial charge in [0.1, 0.15) is 6.54 Å². The number of aryl methyl sites for hydroxylation is 2. The van der Waals surface area contributed by atoms with Crippen LogP contribution >= 0.6 is 0 Å². The normalized spacial score (nSPS) is 14.3. The molecule has 0 atom stereocenters. The molecule has 7 heteroatoms. The maximum atomic E-state index is 12.4. The summed E-state index contributed by atoms with van der Waals surface area (Å²) < 4.78 is 6.80. The van der Waals surface area contributed by atoms with E-state index in [1.54, 1.807) is 6.92 Å². The number of morpholine rings is 1. The molecule has 138 valence electrons. The van der Waals surface area contributed by atoms with Crippen LogP contribution in [0, 0.1) is 13.8 Å². The molecule has 1 saturated heterocycles. The second-order valence-corrected chi connectivity index (χ2v) is 6.48.